The molecule has 1 unspecified atom stereocenters. The summed E-state index contributed by atoms with van der Waals surface area (Å²) in [5, 5.41) is 0. The average molecular weight is 498 g/mol. The van der Waals surface area contributed by atoms with Crippen LogP contribution in [0.15, 0.2) is 40.9 Å². The van der Waals surface area contributed by atoms with Gasteiger partial charge in [0.1, 0.15) is 0 Å². The van der Waals surface area contributed by atoms with Crippen LogP contribution in [0.1, 0.15) is 22.3 Å². The Bertz CT molecular complexity index is 1010. The smallest absolute Gasteiger partial charge is 0.254 e. The molecule has 0 radical (unpaired) electrons. The molecule has 1 saturated heterocycles. The molecule has 2 aromatic rings. The maximum Gasteiger partial charge on any atom is 0.254 e. The number of benzene rings is 2. The van der Waals surface area contributed by atoms with Crippen LogP contribution in [0.2, 0.25) is 0 Å². The molecule has 0 spiro atoms. The Morgan fingerprint density at radius 1 is 1.10 bits per heavy atom. The second-order valence-corrected chi connectivity index (χ2v) is 10.2. The first-order valence-corrected chi connectivity index (χ1v) is 11.9. The van der Waals surface area contributed by atoms with Gasteiger partial charge < -0.3 is 19.1 Å². The highest BCUT2D eigenvalue weighted by Crippen LogP contribution is 2.39. The van der Waals surface area contributed by atoms with Crippen molar-refractivity contribution >= 4 is 31.7 Å². The van der Waals surface area contributed by atoms with Crippen molar-refractivity contribution in [2.75, 3.05) is 32.8 Å². The minimum absolute atomic E-state index is 0.0445. The largest absolute Gasteiger partial charge is 0.493 e. The number of carbonyl (C=O) groups is 1. The summed E-state index contributed by atoms with van der Waals surface area (Å²) in [5.41, 5.74) is 1.23. The van der Waals surface area contributed by atoms with Crippen molar-refractivity contribution in [3.05, 3.63) is 52.0 Å². The van der Waals surface area contributed by atoms with Crippen LogP contribution in [0, 0.1) is 0 Å². The summed E-state index contributed by atoms with van der Waals surface area (Å²) in [6.45, 7) is 0.287. The number of ether oxygens (including phenoxy) is 3. The van der Waals surface area contributed by atoms with Gasteiger partial charge in [-0.1, -0.05) is 28.1 Å². The van der Waals surface area contributed by atoms with E-state index in [1.165, 1.54) is 21.3 Å². The van der Waals surface area contributed by atoms with Crippen LogP contribution < -0.4 is 14.2 Å². The summed E-state index contributed by atoms with van der Waals surface area (Å²) in [4.78, 5) is 15.2. The van der Waals surface area contributed by atoms with Gasteiger partial charge >= 0.3 is 0 Å². The number of halogens is 1. The molecule has 1 heterocycles. The van der Waals surface area contributed by atoms with E-state index < -0.39 is 15.9 Å². The van der Waals surface area contributed by atoms with Crippen molar-refractivity contribution in [1.29, 1.82) is 0 Å². The number of hydrogen-bond acceptors (Lipinski definition) is 6. The van der Waals surface area contributed by atoms with Crippen LogP contribution in [0.3, 0.4) is 0 Å². The first-order valence-electron chi connectivity index (χ1n) is 9.34. The molecule has 0 saturated carbocycles. The van der Waals surface area contributed by atoms with E-state index in [2.05, 4.69) is 15.9 Å². The fourth-order valence-electron chi connectivity index (χ4n) is 3.59. The van der Waals surface area contributed by atoms with Gasteiger partial charge in [0.05, 0.1) is 32.8 Å². The molecule has 9 heteroatoms. The minimum Gasteiger partial charge on any atom is -0.493 e. The summed E-state index contributed by atoms with van der Waals surface area (Å²) in [5.74, 6) is 0.852. The lowest BCUT2D eigenvalue weighted by atomic mass is 10.1. The summed E-state index contributed by atoms with van der Waals surface area (Å²) in [6.07, 6.45) is 0.409. The summed E-state index contributed by atoms with van der Waals surface area (Å²) >= 11 is 3.44. The highest BCUT2D eigenvalue weighted by Gasteiger charge is 2.35. The lowest BCUT2D eigenvalue weighted by Gasteiger charge is -2.29. The van der Waals surface area contributed by atoms with E-state index in [4.69, 9.17) is 14.2 Å². The molecule has 1 fully saturated rings. The topological polar surface area (TPSA) is 82.1 Å². The van der Waals surface area contributed by atoms with Crippen molar-refractivity contribution in [1.82, 2.24) is 4.90 Å². The van der Waals surface area contributed by atoms with E-state index in [-0.39, 0.29) is 24.0 Å². The monoisotopic (exact) mass is 497 g/mol. The van der Waals surface area contributed by atoms with Gasteiger partial charge in [-0.3, -0.25) is 4.79 Å². The first-order chi connectivity index (χ1) is 14.3. The van der Waals surface area contributed by atoms with E-state index in [1.807, 2.05) is 24.3 Å². The molecule has 0 aromatic heterocycles. The Morgan fingerprint density at radius 3 is 2.27 bits per heavy atom. The third-order valence-electron chi connectivity index (χ3n) is 5.06. The Hall–Kier alpha value is -2.26. The third kappa shape index (κ3) is 4.89. The maximum atomic E-state index is 13.5. The number of carbonyl (C=O) groups excluding carboxylic acids is 1. The van der Waals surface area contributed by atoms with Gasteiger partial charge in [0.15, 0.2) is 21.3 Å². The van der Waals surface area contributed by atoms with Crippen LogP contribution >= 0.6 is 15.9 Å². The van der Waals surface area contributed by atoms with Crippen LogP contribution in [-0.4, -0.2) is 58.1 Å². The van der Waals surface area contributed by atoms with Crippen molar-refractivity contribution in [3.8, 4) is 17.2 Å². The van der Waals surface area contributed by atoms with Crippen molar-refractivity contribution in [2.45, 2.75) is 19.0 Å². The summed E-state index contributed by atoms with van der Waals surface area (Å²) in [6, 6.07) is 10.4. The standard InChI is InChI=1S/C21H24BrNO6S/c1-27-18-10-15(11-19(28-2)20(18)29-3)21(24)23(17-7-8-30(25,26)13-17)12-14-5-4-6-16(22)9-14/h4-6,9-11,17H,7-8,12-13H2,1-3H3. The van der Waals surface area contributed by atoms with Crippen LogP contribution in [0.25, 0.3) is 0 Å². The zero-order chi connectivity index (χ0) is 21.9. The Morgan fingerprint density at radius 2 is 1.77 bits per heavy atom. The molecule has 2 aromatic carbocycles. The number of nitrogens with zero attached hydrogens (tertiary/aromatic N) is 1. The van der Waals surface area contributed by atoms with E-state index in [1.54, 1.807) is 17.0 Å². The highest BCUT2D eigenvalue weighted by molar-refractivity contribution is 9.10. The zero-order valence-corrected chi connectivity index (χ0v) is 19.5. The fourth-order valence-corrected chi connectivity index (χ4v) is 5.77. The van der Waals surface area contributed by atoms with Crippen LogP contribution in [-0.2, 0) is 16.4 Å². The highest BCUT2D eigenvalue weighted by atomic mass is 79.9. The molecular weight excluding hydrogens is 474 g/mol. The maximum absolute atomic E-state index is 13.5. The number of hydrogen-bond donors (Lipinski definition) is 0. The number of methoxy groups -OCH3 is 3. The molecule has 0 bridgehead atoms. The second kappa shape index (κ2) is 9.26. The molecule has 1 amide bonds. The first kappa shape index (κ1) is 22.4. The van der Waals surface area contributed by atoms with Gasteiger partial charge in [-0.15, -0.1) is 0 Å². The Kier molecular flexibility index (Phi) is 6.92. The van der Waals surface area contributed by atoms with Gasteiger partial charge in [0.25, 0.3) is 5.91 Å². The Balaban J connectivity index is 2.01. The van der Waals surface area contributed by atoms with Gasteiger partial charge in [-0.2, -0.15) is 0 Å². The molecular formula is C21H24BrNO6S. The van der Waals surface area contributed by atoms with E-state index in [0.29, 0.717) is 29.2 Å². The molecule has 30 heavy (non-hydrogen) atoms. The molecule has 162 valence electrons. The third-order valence-corrected chi connectivity index (χ3v) is 7.31. The number of rotatable bonds is 7. The predicted molar refractivity (Wildman–Crippen MR) is 117 cm³/mol. The predicted octanol–water partition coefficient (Wildman–Crippen LogP) is 3.30. The van der Waals surface area contributed by atoms with E-state index in [9.17, 15) is 13.2 Å². The van der Waals surface area contributed by atoms with Crippen LogP contribution in [0.4, 0.5) is 0 Å². The van der Waals surface area contributed by atoms with E-state index >= 15 is 0 Å². The second-order valence-electron chi connectivity index (χ2n) is 7.03. The Labute approximate surface area is 185 Å². The molecule has 3 rings (SSSR count). The molecule has 7 nitrogen and oxygen atoms in total. The van der Waals surface area contributed by atoms with Crippen LogP contribution in [0.5, 0.6) is 17.2 Å². The average Bonchev–Trinajstić information content (AvgIpc) is 3.09. The van der Waals surface area contributed by atoms with Gasteiger partial charge in [-0.25, -0.2) is 8.42 Å². The van der Waals surface area contributed by atoms with Crippen molar-refractivity contribution in [3.63, 3.8) is 0 Å². The number of amides is 1. The normalized spacial score (nSPS) is 17.4. The summed E-state index contributed by atoms with van der Waals surface area (Å²) < 4.78 is 41.1. The number of sulfone groups is 1. The van der Waals surface area contributed by atoms with Gasteiger partial charge in [0, 0.05) is 22.6 Å². The molecule has 1 aliphatic heterocycles. The van der Waals surface area contributed by atoms with Crippen molar-refractivity contribution < 1.29 is 27.4 Å². The van der Waals surface area contributed by atoms with Crippen molar-refractivity contribution in [2.24, 2.45) is 0 Å². The van der Waals surface area contributed by atoms with E-state index in [0.717, 1.165) is 10.0 Å². The lowest BCUT2D eigenvalue weighted by molar-refractivity contribution is 0.0680. The fraction of sp³-hybridized carbons (Fsp3) is 0.381. The molecule has 0 aliphatic carbocycles. The zero-order valence-electron chi connectivity index (χ0n) is 17.1. The molecule has 0 N–H and O–H groups in total. The summed E-state index contributed by atoms with van der Waals surface area (Å²) in [7, 11) is 1.29. The SMILES string of the molecule is COc1cc(C(=O)N(Cc2cccc(Br)c2)C2CCS(=O)(=O)C2)cc(OC)c1OC. The molecule has 1 atom stereocenters. The molecule has 1 aliphatic rings. The minimum atomic E-state index is -3.17. The quantitative estimate of drug-likeness (QED) is 0.583. The lowest BCUT2D eigenvalue weighted by Crippen LogP contribution is -2.40. The van der Waals surface area contributed by atoms with Gasteiger partial charge in [-0.05, 0) is 36.2 Å². The van der Waals surface area contributed by atoms with Gasteiger partial charge in [0.2, 0.25) is 5.75 Å².